The van der Waals surface area contributed by atoms with Gasteiger partial charge in [0.15, 0.2) is 0 Å². The van der Waals surface area contributed by atoms with E-state index in [0.29, 0.717) is 12.3 Å². The molecule has 0 aliphatic heterocycles. The molecule has 0 spiro atoms. The molecular weight excluding hydrogens is 208 g/mol. The molecule has 1 heterocycles. The normalized spacial score (nSPS) is 11.3. The number of carbonyl (C=O) groups is 1. The molecule has 0 amide bonds. The zero-order valence-electron chi connectivity index (χ0n) is 9.93. The topological polar surface area (TPSA) is 56.9 Å². The SMILES string of the molecule is CN(C)CCN(C)Cc1occc1C(=O)O. The molecule has 0 unspecified atom stereocenters. The lowest BCUT2D eigenvalue weighted by Crippen LogP contribution is -2.28. The van der Waals surface area contributed by atoms with Gasteiger partial charge in [0.2, 0.25) is 0 Å². The molecule has 0 saturated carbocycles. The minimum absolute atomic E-state index is 0.247. The van der Waals surface area contributed by atoms with Gasteiger partial charge in [-0.15, -0.1) is 0 Å². The van der Waals surface area contributed by atoms with E-state index in [1.165, 1.54) is 12.3 Å². The fourth-order valence-corrected chi connectivity index (χ4v) is 1.35. The van der Waals surface area contributed by atoms with Gasteiger partial charge in [0.25, 0.3) is 0 Å². The molecule has 5 nitrogen and oxygen atoms in total. The maximum Gasteiger partial charge on any atom is 0.339 e. The van der Waals surface area contributed by atoms with E-state index in [1.807, 2.05) is 26.0 Å². The molecule has 1 N–H and O–H groups in total. The summed E-state index contributed by atoms with van der Waals surface area (Å²) in [5, 5.41) is 8.90. The van der Waals surface area contributed by atoms with Crippen molar-refractivity contribution in [2.45, 2.75) is 6.54 Å². The van der Waals surface area contributed by atoms with Crippen LogP contribution >= 0.6 is 0 Å². The van der Waals surface area contributed by atoms with E-state index in [0.717, 1.165) is 13.1 Å². The highest BCUT2D eigenvalue weighted by Gasteiger charge is 2.14. The lowest BCUT2D eigenvalue weighted by Gasteiger charge is -2.18. The summed E-state index contributed by atoms with van der Waals surface area (Å²) in [6, 6.07) is 1.48. The molecule has 0 aliphatic carbocycles. The van der Waals surface area contributed by atoms with E-state index in [4.69, 9.17) is 9.52 Å². The monoisotopic (exact) mass is 226 g/mol. The Balaban J connectivity index is 2.52. The average Bonchev–Trinajstić information content (AvgIpc) is 2.62. The second-order valence-corrected chi connectivity index (χ2v) is 4.10. The minimum Gasteiger partial charge on any atom is -0.478 e. The van der Waals surface area contributed by atoms with Crippen molar-refractivity contribution in [3.05, 3.63) is 23.7 Å². The molecule has 0 fully saturated rings. The second kappa shape index (κ2) is 5.67. The molecule has 0 atom stereocenters. The highest BCUT2D eigenvalue weighted by atomic mass is 16.4. The van der Waals surface area contributed by atoms with Crippen LogP contribution in [-0.2, 0) is 6.54 Å². The van der Waals surface area contributed by atoms with Gasteiger partial charge in [-0.2, -0.15) is 0 Å². The Labute approximate surface area is 95.3 Å². The number of aromatic carboxylic acids is 1. The summed E-state index contributed by atoms with van der Waals surface area (Å²) in [4.78, 5) is 15.0. The maximum atomic E-state index is 10.8. The molecule has 16 heavy (non-hydrogen) atoms. The number of carboxylic acids is 1. The standard InChI is InChI=1S/C11H18N2O3/c1-12(2)5-6-13(3)8-10-9(11(14)15)4-7-16-10/h4,7H,5-6,8H2,1-3H3,(H,14,15). The maximum absolute atomic E-state index is 10.8. The Bertz CT molecular complexity index is 347. The van der Waals surface area contributed by atoms with Gasteiger partial charge in [0.05, 0.1) is 12.8 Å². The Hall–Kier alpha value is -1.33. The first-order valence-corrected chi connectivity index (χ1v) is 5.13. The van der Waals surface area contributed by atoms with Crippen LogP contribution in [-0.4, -0.2) is 55.1 Å². The third-order valence-corrected chi connectivity index (χ3v) is 2.32. The van der Waals surface area contributed by atoms with Crippen molar-refractivity contribution in [1.82, 2.24) is 9.80 Å². The van der Waals surface area contributed by atoms with E-state index in [1.54, 1.807) is 0 Å². The summed E-state index contributed by atoms with van der Waals surface area (Å²) < 4.78 is 5.17. The summed E-state index contributed by atoms with van der Waals surface area (Å²) >= 11 is 0. The summed E-state index contributed by atoms with van der Waals surface area (Å²) in [6.45, 7) is 2.31. The van der Waals surface area contributed by atoms with Gasteiger partial charge in [0.1, 0.15) is 11.3 Å². The van der Waals surface area contributed by atoms with E-state index in [2.05, 4.69) is 4.90 Å². The molecule has 0 radical (unpaired) electrons. The number of hydrogen-bond donors (Lipinski definition) is 1. The number of rotatable bonds is 6. The summed E-state index contributed by atoms with van der Waals surface area (Å²) in [5.74, 6) is -0.432. The van der Waals surface area contributed by atoms with Gasteiger partial charge >= 0.3 is 5.97 Å². The number of likely N-dealkylation sites (N-methyl/N-ethyl adjacent to an activating group) is 2. The highest BCUT2D eigenvalue weighted by molar-refractivity contribution is 5.88. The zero-order chi connectivity index (χ0) is 12.1. The minimum atomic E-state index is -0.940. The first-order chi connectivity index (χ1) is 7.50. The van der Waals surface area contributed by atoms with Crippen molar-refractivity contribution in [1.29, 1.82) is 0 Å². The summed E-state index contributed by atoms with van der Waals surface area (Å²) in [7, 11) is 5.95. The Kier molecular flexibility index (Phi) is 4.52. The van der Waals surface area contributed by atoms with Crippen molar-refractivity contribution >= 4 is 5.97 Å². The Morgan fingerprint density at radius 3 is 2.62 bits per heavy atom. The van der Waals surface area contributed by atoms with E-state index < -0.39 is 5.97 Å². The number of furan rings is 1. The largest absolute Gasteiger partial charge is 0.478 e. The fraction of sp³-hybridized carbons (Fsp3) is 0.545. The summed E-state index contributed by atoms with van der Waals surface area (Å²) in [6.07, 6.45) is 1.42. The van der Waals surface area contributed by atoms with Crippen LogP contribution in [0.2, 0.25) is 0 Å². The van der Waals surface area contributed by atoms with Crippen LogP contribution < -0.4 is 0 Å². The fourth-order valence-electron chi connectivity index (χ4n) is 1.35. The Morgan fingerprint density at radius 2 is 2.06 bits per heavy atom. The first-order valence-electron chi connectivity index (χ1n) is 5.13. The van der Waals surface area contributed by atoms with Gasteiger partial charge < -0.3 is 14.4 Å². The molecule has 1 aromatic rings. The third kappa shape index (κ3) is 3.67. The quantitative estimate of drug-likeness (QED) is 0.783. The Morgan fingerprint density at radius 1 is 1.38 bits per heavy atom. The third-order valence-electron chi connectivity index (χ3n) is 2.32. The molecule has 1 aromatic heterocycles. The van der Waals surface area contributed by atoms with Crippen LogP contribution in [0, 0.1) is 0 Å². The number of hydrogen-bond acceptors (Lipinski definition) is 4. The molecular formula is C11H18N2O3. The van der Waals surface area contributed by atoms with Gasteiger partial charge in [-0.05, 0) is 27.2 Å². The van der Waals surface area contributed by atoms with Gasteiger partial charge in [-0.25, -0.2) is 4.79 Å². The van der Waals surface area contributed by atoms with Crippen molar-refractivity contribution in [2.75, 3.05) is 34.2 Å². The summed E-state index contributed by atoms with van der Waals surface area (Å²) in [5.41, 5.74) is 0.247. The van der Waals surface area contributed by atoms with Crippen molar-refractivity contribution < 1.29 is 14.3 Å². The number of carboxylic acid groups (broad SMARTS) is 1. The number of nitrogens with zero attached hydrogens (tertiary/aromatic N) is 2. The van der Waals surface area contributed by atoms with E-state index >= 15 is 0 Å². The molecule has 1 rings (SSSR count). The van der Waals surface area contributed by atoms with Crippen molar-refractivity contribution in [2.24, 2.45) is 0 Å². The van der Waals surface area contributed by atoms with Crippen LogP contribution in [0.3, 0.4) is 0 Å². The van der Waals surface area contributed by atoms with Crippen molar-refractivity contribution in [3.63, 3.8) is 0 Å². The van der Waals surface area contributed by atoms with Gasteiger partial charge in [-0.1, -0.05) is 0 Å². The van der Waals surface area contributed by atoms with E-state index in [9.17, 15) is 4.79 Å². The van der Waals surface area contributed by atoms with Crippen molar-refractivity contribution in [3.8, 4) is 0 Å². The second-order valence-electron chi connectivity index (χ2n) is 4.10. The van der Waals surface area contributed by atoms with Crippen LogP contribution in [0.5, 0.6) is 0 Å². The predicted molar refractivity (Wildman–Crippen MR) is 60.6 cm³/mol. The molecule has 0 aromatic carbocycles. The average molecular weight is 226 g/mol. The predicted octanol–water partition coefficient (Wildman–Crippen LogP) is 0.971. The van der Waals surface area contributed by atoms with Crippen LogP contribution in [0.1, 0.15) is 16.1 Å². The molecule has 90 valence electrons. The van der Waals surface area contributed by atoms with Gasteiger partial charge in [-0.3, -0.25) is 4.90 Å². The van der Waals surface area contributed by atoms with E-state index in [-0.39, 0.29) is 5.56 Å². The molecule has 0 saturated heterocycles. The smallest absolute Gasteiger partial charge is 0.339 e. The molecule has 0 bridgehead atoms. The van der Waals surface area contributed by atoms with Crippen LogP contribution in [0.4, 0.5) is 0 Å². The highest BCUT2D eigenvalue weighted by Crippen LogP contribution is 2.12. The lowest BCUT2D eigenvalue weighted by atomic mass is 10.2. The van der Waals surface area contributed by atoms with Gasteiger partial charge in [0, 0.05) is 13.1 Å². The first kappa shape index (κ1) is 12.7. The van der Waals surface area contributed by atoms with Crippen LogP contribution in [0.25, 0.3) is 0 Å². The lowest BCUT2D eigenvalue weighted by molar-refractivity contribution is 0.0693. The molecule has 5 heteroatoms. The van der Waals surface area contributed by atoms with Crippen LogP contribution in [0.15, 0.2) is 16.7 Å². The molecule has 0 aliphatic rings. The zero-order valence-corrected chi connectivity index (χ0v) is 9.93.